The molecule has 1 aliphatic heterocycles. The lowest BCUT2D eigenvalue weighted by Gasteiger charge is -2.43. The number of hydrogen-bond donors (Lipinski definition) is 3. The van der Waals surface area contributed by atoms with Gasteiger partial charge in [-0.3, -0.25) is 9.69 Å². The third kappa shape index (κ3) is 4.87. The van der Waals surface area contributed by atoms with Crippen LogP contribution in [0.4, 0.5) is 16.2 Å². The molecule has 2 aromatic rings. The van der Waals surface area contributed by atoms with Crippen LogP contribution in [0, 0.1) is 0 Å². The fraction of sp³-hybridized carbons (Fsp3) is 0.440. The minimum atomic E-state index is -2.21. The number of nitrogens with zero attached hydrogens (tertiary/aromatic N) is 1. The highest BCUT2D eigenvalue weighted by Crippen LogP contribution is 2.41. The third-order valence-corrected chi connectivity index (χ3v) is 6.78. The summed E-state index contributed by atoms with van der Waals surface area (Å²) in [6.45, 7) is 2.40. The van der Waals surface area contributed by atoms with E-state index in [0.717, 1.165) is 43.4 Å². The average molecular weight is 516 g/mol. The first-order valence-corrected chi connectivity index (χ1v) is 12.4. The molecule has 0 radical (unpaired) electrons. The van der Waals surface area contributed by atoms with Crippen molar-refractivity contribution in [1.29, 1.82) is 0 Å². The van der Waals surface area contributed by atoms with Crippen molar-refractivity contribution in [3.63, 3.8) is 0 Å². The van der Waals surface area contributed by atoms with Gasteiger partial charge in [0, 0.05) is 21.8 Å². The molecule has 33 heavy (non-hydrogen) atoms. The molecule has 1 fully saturated rings. The maximum absolute atomic E-state index is 13.7. The van der Waals surface area contributed by atoms with E-state index >= 15 is 0 Å². The van der Waals surface area contributed by atoms with E-state index in [1.807, 2.05) is 6.92 Å². The largest absolute Gasteiger partial charge is 0.494 e. The Morgan fingerprint density at radius 3 is 2.48 bits per heavy atom. The normalized spacial score (nSPS) is 21.4. The molecule has 2 aromatic carbocycles. The molecule has 0 saturated heterocycles. The standard InChI is InChI=1S/C25H30BrN3O4/c1-2-33-20-13-11-19(12-14-20)29-24(31)28-22-15-10-17(26)16-21(22)25(29,32)23(30)27-18-8-6-4-3-5-7-9-18/h10-16,18,32H,2-9H2,1H3,(H,27,30)(H,28,31). The second-order valence-electron chi connectivity index (χ2n) is 8.57. The number of anilines is 2. The Morgan fingerprint density at radius 2 is 1.82 bits per heavy atom. The van der Waals surface area contributed by atoms with Crippen LogP contribution in [-0.4, -0.2) is 29.7 Å². The number of nitrogens with one attached hydrogen (secondary N) is 2. The topological polar surface area (TPSA) is 90.9 Å². The molecule has 1 heterocycles. The van der Waals surface area contributed by atoms with E-state index in [9.17, 15) is 14.7 Å². The number of ether oxygens (including phenoxy) is 1. The van der Waals surface area contributed by atoms with Crippen LogP contribution in [0.15, 0.2) is 46.9 Å². The molecule has 1 atom stereocenters. The van der Waals surface area contributed by atoms with Crippen LogP contribution in [0.1, 0.15) is 57.4 Å². The van der Waals surface area contributed by atoms with Crippen molar-refractivity contribution in [2.24, 2.45) is 0 Å². The molecular weight excluding hydrogens is 486 g/mol. The number of hydrogen-bond acceptors (Lipinski definition) is 4. The summed E-state index contributed by atoms with van der Waals surface area (Å²) in [6, 6.07) is 11.3. The zero-order valence-corrected chi connectivity index (χ0v) is 20.4. The van der Waals surface area contributed by atoms with E-state index < -0.39 is 17.7 Å². The fourth-order valence-electron chi connectivity index (χ4n) is 4.62. The predicted octanol–water partition coefficient (Wildman–Crippen LogP) is 5.27. The summed E-state index contributed by atoms with van der Waals surface area (Å²) in [6.07, 6.45) is 7.31. The molecule has 0 spiro atoms. The van der Waals surface area contributed by atoms with Crippen molar-refractivity contribution in [1.82, 2.24) is 5.32 Å². The number of fused-ring (bicyclic) bond motifs is 1. The van der Waals surface area contributed by atoms with Crippen LogP contribution in [0.5, 0.6) is 5.75 Å². The summed E-state index contributed by atoms with van der Waals surface area (Å²) in [5.74, 6) is 0.0421. The maximum atomic E-state index is 13.7. The van der Waals surface area contributed by atoms with Crippen molar-refractivity contribution >= 4 is 39.2 Å². The van der Waals surface area contributed by atoms with Gasteiger partial charge in [0.2, 0.25) is 0 Å². The highest BCUT2D eigenvalue weighted by atomic mass is 79.9. The first-order valence-electron chi connectivity index (χ1n) is 11.6. The molecule has 2 aliphatic rings. The molecule has 3 N–H and O–H groups in total. The number of halogens is 1. The van der Waals surface area contributed by atoms with Gasteiger partial charge in [-0.25, -0.2) is 4.79 Å². The van der Waals surface area contributed by atoms with Gasteiger partial charge in [-0.05, 0) is 62.2 Å². The van der Waals surface area contributed by atoms with Gasteiger partial charge in [0.15, 0.2) is 0 Å². The van der Waals surface area contributed by atoms with Gasteiger partial charge in [0.25, 0.3) is 11.6 Å². The molecule has 0 aromatic heterocycles. The maximum Gasteiger partial charge on any atom is 0.329 e. The van der Waals surface area contributed by atoms with Gasteiger partial charge in [0.05, 0.1) is 12.3 Å². The first kappa shape index (κ1) is 23.6. The van der Waals surface area contributed by atoms with E-state index in [4.69, 9.17) is 4.74 Å². The Bertz CT molecular complexity index is 1010. The number of aliphatic hydroxyl groups is 1. The number of carbonyl (C=O) groups is 2. The zero-order valence-electron chi connectivity index (χ0n) is 18.8. The van der Waals surface area contributed by atoms with Gasteiger partial charge in [-0.1, -0.05) is 48.0 Å². The molecule has 7 nitrogen and oxygen atoms in total. The molecule has 8 heteroatoms. The molecule has 176 valence electrons. The van der Waals surface area contributed by atoms with Crippen LogP contribution in [0.3, 0.4) is 0 Å². The quantitative estimate of drug-likeness (QED) is 0.505. The summed E-state index contributed by atoms with van der Waals surface area (Å²) in [4.78, 5) is 28.1. The summed E-state index contributed by atoms with van der Waals surface area (Å²) in [5.41, 5.74) is -1.11. The lowest BCUT2D eigenvalue weighted by atomic mass is 9.92. The highest BCUT2D eigenvalue weighted by molar-refractivity contribution is 9.10. The summed E-state index contributed by atoms with van der Waals surface area (Å²) in [7, 11) is 0. The van der Waals surface area contributed by atoms with Crippen molar-refractivity contribution in [2.75, 3.05) is 16.8 Å². The van der Waals surface area contributed by atoms with Gasteiger partial charge >= 0.3 is 6.03 Å². The minimum Gasteiger partial charge on any atom is -0.494 e. The number of amides is 3. The molecule has 4 rings (SSSR count). The monoisotopic (exact) mass is 515 g/mol. The zero-order chi connectivity index (χ0) is 23.4. The molecule has 3 amide bonds. The lowest BCUT2D eigenvalue weighted by Crippen LogP contribution is -2.63. The van der Waals surface area contributed by atoms with Crippen LogP contribution in [0.2, 0.25) is 0 Å². The van der Waals surface area contributed by atoms with Gasteiger partial charge < -0.3 is 20.5 Å². The summed E-state index contributed by atoms with van der Waals surface area (Å²) < 4.78 is 6.20. The molecular formula is C25H30BrN3O4. The van der Waals surface area contributed by atoms with E-state index in [0.29, 0.717) is 33.8 Å². The van der Waals surface area contributed by atoms with Gasteiger partial charge in [-0.2, -0.15) is 0 Å². The molecule has 1 aliphatic carbocycles. The lowest BCUT2D eigenvalue weighted by molar-refractivity contribution is -0.141. The molecule has 1 saturated carbocycles. The smallest absolute Gasteiger partial charge is 0.329 e. The molecule has 1 unspecified atom stereocenters. The molecule has 0 bridgehead atoms. The number of urea groups is 1. The van der Waals surface area contributed by atoms with Crippen LogP contribution >= 0.6 is 15.9 Å². The van der Waals surface area contributed by atoms with E-state index in [-0.39, 0.29) is 6.04 Å². The van der Waals surface area contributed by atoms with Crippen LogP contribution in [0.25, 0.3) is 0 Å². The predicted molar refractivity (Wildman–Crippen MR) is 131 cm³/mol. The third-order valence-electron chi connectivity index (χ3n) is 6.29. The summed E-state index contributed by atoms with van der Waals surface area (Å²) >= 11 is 3.44. The Labute approximate surface area is 202 Å². The highest BCUT2D eigenvalue weighted by Gasteiger charge is 2.52. The van der Waals surface area contributed by atoms with E-state index in [1.165, 1.54) is 6.42 Å². The number of benzene rings is 2. The number of rotatable bonds is 5. The van der Waals surface area contributed by atoms with Gasteiger partial charge in [-0.15, -0.1) is 0 Å². The van der Waals surface area contributed by atoms with Crippen molar-refractivity contribution < 1.29 is 19.4 Å². The van der Waals surface area contributed by atoms with Crippen LogP contribution < -0.4 is 20.3 Å². The van der Waals surface area contributed by atoms with Gasteiger partial charge in [0.1, 0.15) is 5.75 Å². The Balaban J connectivity index is 1.74. The minimum absolute atomic E-state index is 0.0374. The average Bonchev–Trinajstić information content (AvgIpc) is 2.77. The number of carbonyl (C=O) groups excluding carboxylic acids is 2. The second-order valence-corrected chi connectivity index (χ2v) is 9.49. The SMILES string of the molecule is CCOc1ccc(N2C(=O)Nc3ccc(Br)cc3C2(O)C(=O)NC2CCCCCCC2)cc1. The van der Waals surface area contributed by atoms with Crippen molar-refractivity contribution in [2.45, 2.75) is 63.6 Å². The summed E-state index contributed by atoms with van der Waals surface area (Å²) in [5, 5.41) is 17.9. The van der Waals surface area contributed by atoms with E-state index in [1.54, 1.807) is 42.5 Å². The Morgan fingerprint density at radius 1 is 1.15 bits per heavy atom. The van der Waals surface area contributed by atoms with Crippen molar-refractivity contribution in [3.05, 3.63) is 52.5 Å². The van der Waals surface area contributed by atoms with Crippen molar-refractivity contribution in [3.8, 4) is 5.75 Å². The Kier molecular flexibility index (Phi) is 7.24. The fourth-order valence-corrected chi connectivity index (χ4v) is 4.99. The van der Waals surface area contributed by atoms with E-state index in [2.05, 4.69) is 26.6 Å². The Hall–Kier alpha value is -2.58. The first-order chi connectivity index (χ1) is 15.9. The van der Waals surface area contributed by atoms with Crippen LogP contribution in [-0.2, 0) is 10.5 Å². The second kappa shape index (κ2) is 10.1.